The topological polar surface area (TPSA) is 46.9 Å². The number of alkyl halides is 2. The van der Waals surface area contributed by atoms with E-state index in [0.29, 0.717) is 5.69 Å². The average molecular weight is 365 g/mol. The number of nitrogens with one attached hydrogen (secondary N) is 1. The number of carbonyl (C=O) groups excluding carboxylic acids is 1. The maximum Gasteiger partial charge on any atom is 0.282 e. The van der Waals surface area contributed by atoms with E-state index in [1.54, 1.807) is 6.92 Å². The predicted molar refractivity (Wildman–Crippen MR) is 94.7 cm³/mol. The van der Waals surface area contributed by atoms with Crippen LogP contribution in [0.4, 0.5) is 8.78 Å². The summed E-state index contributed by atoms with van der Waals surface area (Å²) in [5, 5.41) is 7.13. The first-order valence-corrected chi connectivity index (χ1v) is 10.0. The number of halogens is 2. The van der Waals surface area contributed by atoms with Gasteiger partial charge < -0.3 is 5.32 Å². The molecule has 0 spiro atoms. The van der Waals surface area contributed by atoms with E-state index in [2.05, 4.69) is 17.3 Å². The van der Waals surface area contributed by atoms with Crippen molar-refractivity contribution in [1.82, 2.24) is 15.1 Å². The highest BCUT2D eigenvalue weighted by Crippen LogP contribution is 2.61. The molecule has 1 atom stereocenters. The summed E-state index contributed by atoms with van der Waals surface area (Å²) in [5.74, 6) is 2.41. The molecule has 1 aromatic heterocycles. The fourth-order valence-corrected chi connectivity index (χ4v) is 6.47. The van der Waals surface area contributed by atoms with Gasteiger partial charge in [-0.25, -0.2) is 8.78 Å². The number of hydrogen-bond donors (Lipinski definition) is 1. The first kappa shape index (κ1) is 17.9. The Morgan fingerprint density at radius 1 is 1.27 bits per heavy atom. The zero-order valence-corrected chi connectivity index (χ0v) is 15.7. The zero-order chi connectivity index (χ0) is 18.5. The molecule has 4 fully saturated rings. The van der Waals surface area contributed by atoms with Gasteiger partial charge in [0.15, 0.2) is 0 Å². The molecular formula is C20H29F2N3O. The zero-order valence-electron chi connectivity index (χ0n) is 15.7. The molecule has 4 bridgehead atoms. The standard InChI is InChI=1S/C20H29F2N3O/c1-3-17(20-8-13-5-14(9-20)7-15(6-13)10-20)23-18(26)11-25-12(2)4-16(24-25)19(21)22/h4,13-15,17,19H,3,5-11H2,1-2H3,(H,23,26). The van der Waals surface area contributed by atoms with Crippen LogP contribution in [0.15, 0.2) is 6.07 Å². The lowest BCUT2D eigenvalue weighted by atomic mass is 9.47. The Kier molecular flexibility index (Phi) is 4.56. The highest BCUT2D eigenvalue weighted by molar-refractivity contribution is 5.76. The number of nitrogens with zero attached hydrogens (tertiary/aromatic N) is 2. The molecular weight excluding hydrogens is 336 g/mol. The van der Waals surface area contributed by atoms with Crippen LogP contribution in [0.2, 0.25) is 0 Å². The Bertz CT molecular complexity index is 649. The highest BCUT2D eigenvalue weighted by Gasteiger charge is 2.54. The van der Waals surface area contributed by atoms with E-state index in [4.69, 9.17) is 0 Å². The van der Waals surface area contributed by atoms with E-state index in [9.17, 15) is 13.6 Å². The van der Waals surface area contributed by atoms with Crippen molar-refractivity contribution in [1.29, 1.82) is 0 Å². The van der Waals surface area contributed by atoms with Crippen molar-refractivity contribution < 1.29 is 13.6 Å². The molecule has 1 unspecified atom stereocenters. The number of hydrogen-bond acceptors (Lipinski definition) is 2. The molecule has 0 radical (unpaired) electrons. The van der Waals surface area contributed by atoms with Crippen LogP contribution in [0.1, 0.15) is 69.7 Å². The minimum absolute atomic E-state index is 0.0153. The third-order valence-electron chi connectivity index (χ3n) is 7.09. The summed E-state index contributed by atoms with van der Waals surface area (Å²) in [6, 6.07) is 1.54. The quantitative estimate of drug-likeness (QED) is 0.820. The van der Waals surface area contributed by atoms with Crippen LogP contribution in [0.25, 0.3) is 0 Å². The molecule has 1 N–H and O–H groups in total. The number of rotatable bonds is 6. The molecule has 1 aromatic rings. The molecule has 5 rings (SSSR count). The van der Waals surface area contributed by atoms with E-state index >= 15 is 0 Å². The van der Waals surface area contributed by atoms with Gasteiger partial charge in [-0.15, -0.1) is 0 Å². The van der Waals surface area contributed by atoms with Crippen LogP contribution < -0.4 is 5.32 Å². The van der Waals surface area contributed by atoms with Crippen molar-refractivity contribution in [2.24, 2.45) is 23.2 Å². The van der Waals surface area contributed by atoms with Crippen molar-refractivity contribution in [2.75, 3.05) is 0 Å². The van der Waals surface area contributed by atoms with Gasteiger partial charge in [0.1, 0.15) is 12.2 Å². The van der Waals surface area contributed by atoms with Gasteiger partial charge in [0.2, 0.25) is 5.91 Å². The van der Waals surface area contributed by atoms with Gasteiger partial charge in [-0.3, -0.25) is 9.48 Å². The Labute approximate surface area is 153 Å². The van der Waals surface area contributed by atoms with E-state index in [1.807, 2.05) is 0 Å². The van der Waals surface area contributed by atoms with Crippen LogP contribution >= 0.6 is 0 Å². The lowest BCUT2D eigenvalue weighted by molar-refractivity contribution is -0.127. The summed E-state index contributed by atoms with van der Waals surface area (Å²) < 4.78 is 27.0. The van der Waals surface area contributed by atoms with Crippen LogP contribution in [-0.4, -0.2) is 21.7 Å². The van der Waals surface area contributed by atoms with Crippen molar-refractivity contribution in [3.8, 4) is 0 Å². The second-order valence-corrected chi connectivity index (χ2v) is 8.98. The normalized spacial score (nSPS) is 33.7. The predicted octanol–water partition coefficient (Wildman–Crippen LogP) is 4.24. The second kappa shape index (κ2) is 6.61. The van der Waals surface area contributed by atoms with Crippen molar-refractivity contribution in [3.05, 3.63) is 17.5 Å². The second-order valence-electron chi connectivity index (χ2n) is 8.98. The number of aromatic nitrogens is 2. The van der Waals surface area contributed by atoms with E-state index < -0.39 is 6.43 Å². The van der Waals surface area contributed by atoms with Gasteiger partial charge >= 0.3 is 0 Å². The van der Waals surface area contributed by atoms with Gasteiger partial charge in [0.05, 0.1) is 0 Å². The van der Waals surface area contributed by atoms with E-state index in [1.165, 1.54) is 49.3 Å². The first-order valence-electron chi connectivity index (χ1n) is 10.0. The first-order chi connectivity index (χ1) is 12.4. The van der Waals surface area contributed by atoms with Gasteiger partial charge in [0.25, 0.3) is 6.43 Å². The fraction of sp³-hybridized carbons (Fsp3) is 0.800. The molecule has 4 saturated carbocycles. The van der Waals surface area contributed by atoms with Crippen molar-refractivity contribution >= 4 is 5.91 Å². The molecule has 4 aliphatic rings. The summed E-state index contributed by atoms with van der Waals surface area (Å²) in [6.07, 6.45) is 6.20. The number of aryl methyl sites for hydroxylation is 1. The van der Waals surface area contributed by atoms with Crippen molar-refractivity contribution in [2.45, 2.75) is 77.8 Å². The molecule has 26 heavy (non-hydrogen) atoms. The van der Waals surface area contributed by atoms with Gasteiger partial charge in [-0.05, 0) is 81.1 Å². The van der Waals surface area contributed by atoms with Crippen molar-refractivity contribution in [3.63, 3.8) is 0 Å². The fourth-order valence-electron chi connectivity index (χ4n) is 6.47. The highest BCUT2D eigenvalue weighted by atomic mass is 19.3. The third-order valence-corrected chi connectivity index (χ3v) is 7.09. The van der Waals surface area contributed by atoms with E-state index in [0.717, 1.165) is 24.2 Å². The molecule has 6 heteroatoms. The Morgan fingerprint density at radius 3 is 2.31 bits per heavy atom. The van der Waals surface area contributed by atoms with Crippen LogP contribution in [0.3, 0.4) is 0 Å². The largest absolute Gasteiger partial charge is 0.351 e. The smallest absolute Gasteiger partial charge is 0.282 e. The van der Waals surface area contributed by atoms with Gasteiger partial charge in [-0.2, -0.15) is 5.10 Å². The number of carbonyl (C=O) groups is 1. The maximum atomic E-state index is 12.8. The SMILES string of the molecule is CCC(NC(=O)Cn1nc(C(F)F)cc1C)C12CC3CC(CC(C3)C1)C2. The van der Waals surface area contributed by atoms with Gasteiger partial charge in [0, 0.05) is 11.7 Å². The van der Waals surface area contributed by atoms with Crippen LogP contribution in [0.5, 0.6) is 0 Å². The van der Waals surface area contributed by atoms with E-state index in [-0.39, 0.29) is 29.6 Å². The molecule has 1 amide bonds. The lowest BCUT2D eigenvalue weighted by Crippen LogP contribution is -2.57. The molecule has 0 aromatic carbocycles. The summed E-state index contributed by atoms with van der Waals surface area (Å²) >= 11 is 0. The minimum Gasteiger partial charge on any atom is -0.351 e. The van der Waals surface area contributed by atoms with Crippen LogP contribution in [-0.2, 0) is 11.3 Å². The molecule has 144 valence electrons. The average Bonchev–Trinajstić information content (AvgIpc) is 2.92. The number of amides is 1. The Morgan fingerprint density at radius 2 is 1.85 bits per heavy atom. The summed E-state index contributed by atoms with van der Waals surface area (Å²) in [6.45, 7) is 3.88. The molecule has 4 nitrogen and oxygen atoms in total. The molecule has 1 heterocycles. The summed E-state index contributed by atoms with van der Waals surface area (Å²) in [7, 11) is 0. The molecule has 0 saturated heterocycles. The molecule has 4 aliphatic carbocycles. The molecule has 0 aliphatic heterocycles. The van der Waals surface area contributed by atoms with Crippen LogP contribution in [0, 0.1) is 30.1 Å². The summed E-state index contributed by atoms with van der Waals surface area (Å²) in [4.78, 5) is 12.6. The lowest BCUT2D eigenvalue weighted by Gasteiger charge is -2.59. The Hall–Kier alpha value is -1.46. The minimum atomic E-state index is -2.60. The monoisotopic (exact) mass is 365 g/mol. The Balaban J connectivity index is 1.44. The summed E-state index contributed by atoms with van der Waals surface area (Å²) in [5.41, 5.74) is 0.591. The van der Waals surface area contributed by atoms with Gasteiger partial charge in [-0.1, -0.05) is 6.92 Å². The maximum absolute atomic E-state index is 12.8. The third kappa shape index (κ3) is 3.16.